The van der Waals surface area contributed by atoms with Gasteiger partial charge in [-0.25, -0.2) is 4.39 Å². The predicted molar refractivity (Wildman–Crippen MR) is 114 cm³/mol. The molecule has 0 amide bonds. The van der Waals surface area contributed by atoms with Gasteiger partial charge in [0.2, 0.25) is 11.8 Å². The number of aromatic nitrogens is 2. The maximum absolute atomic E-state index is 13.6. The summed E-state index contributed by atoms with van der Waals surface area (Å²) in [7, 11) is 0. The van der Waals surface area contributed by atoms with E-state index in [1.807, 2.05) is 61.5 Å². The van der Waals surface area contributed by atoms with Gasteiger partial charge >= 0.3 is 0 Å². The van der Waals surface area contributed by atoms with Crippen LogP contribution in [0.4, 0.5) is 10.1 Å². The first kappa shape index (κ1) is 19.9. The molecular formula is C23H19ClFN3O2. The molecule has 7 heteroatoms. The van der Waals surface area contributed by atoms with Crippen molar-refractivity contribution in [3.05, 3.63) is 95.1 Å². The zero-order valence-electron chi connectivity index (χ0n) is 16.2. The highest BCUT2D eigenvalue weighted by atomic mass is 35.5. The number of ether oxygens (including phenoxy) is 1. The molecule has 0 aliphatic heterocycles. The summed E-state index contributed by atoms with van der Waals surface area (Å²) in [6.07, 6.45) is 0. The summed E-state index contributed by atoms with van der Waals surface area (Å²) in [5.41, 5.74) is 2.22. The van der Waals surface area contributed by atoms with Gasteiger partial charge in [0.25, 0.3) is 0 Å². The van der Waals surface area contributed by atoms with E-state index in [1.165, 1.54) is 12.1 Å². The summed E-state index contributed by atoms with van der Waals surface area (Å²) in [5.74, 6) is 1.06. The van der Waals surface area contributed by atoms with E-state index >= 15 is 0 Å². The van der Waals surface area contributed by atoms with E-state index in [0.717, 1.165) is 17.0 Å². The van der Waals surface area contributed by atoms with Crippen LogP contribution in [0.15, 0.2) is 77.2 Å². The van der Waals surface area contributed by atoms with Crippen molar-refractivity contribution < 1.29 is 13.5 Å². The van der Waals surface area contributed by atoms with Crippen molar-refractivity contribution in [3.63, 3.8) is 0 Å². The van der Waals surface area contributed by atoms with Gasteiger partial charge in [0.1, 0.15) is 17.6 Å². The van der Waals surface area contributed by atoms with E-state index in [2.05, 4.69) is 15.5 Å². The van der Waals surface area contributed by atoms with Crippen molar-refractivity contribution in [2.24, 2.45) is 0 Å². The summed E-state index contributed by atoms with van der Waals surface area (Å²) >= 11 is 6.34. The molecule has 0 radical (unpaired) electrons. The van der Waals surface area contributed by atoms with Crippen LogP contribution in [0.25, 0.3) is 11.5 Å². The second-order valence-corrected chi connectivity index (χ2v) is 6.92. The lowest BCUT2D eigenvalue weighted by atomic mass is 10.1. The number of anilines is 1. The van der Waals surface area contributed by atoms with Gasteiger partial charge in [0, 0.05) is 21.8 Å². The Kier molecular flexibility index (Phi) is 5.95. The van der Waals surface area contributed by atoms with Crippen LogP contribution in [-0.4, -0.2) is 16.8 Å². The lowest BCUT2D eigenvalue weighted by Crippen LogP contribution is -2.13. The van der Waals surface area contributed by atoms with E-state index in [-0.39, 0.29) is 5.02 Å². The van der Waals surface area contributed by atoms with E-state index in [9.17, 15) is 4.39 Å². The van der Waals surface area contributed by atoms with Crippen LogP contribution in [0.1, 0.15) is 24.4 Å². The van der Waals surface area contributed by atoms with Crippen LogP contribution in [0.2, 0.25) is 5.02 Å². The van der Waals surface area contributed by atoms with Crippen molar-refractivity contribution in [1.82, 2.24) is 10.2 Å². The summed E-state index contributed by atoms with van der Waals surface area (Å²) in [5, 5.41) is 12.0. The molecule has 0 spiro atoms. The molecule has 0 fully saturated rings. The first-order valence-electron chi connectivity index (χ1n) is 9.47. The Hall–Kier alpha value is -3.38. The van der Waals surface area contributed by atoms with Gasteiger partial charge in [-0.15, -0.1) is 10.2 Å². The Morgan fingerprint density at radius 1 is 1.03 bits per heavy atom. The van der Waals surface area contributed by atoms with E-state index in [4.69, 9.17) is 20.8 Å². The molecule has 0 saturated carbocycles. The Morgan fingerprint density at radius 3 is 2.50 bits per heavy atom. The minimum absolute atomic E-state index is 0.262. The largest absolute Gasteiger partial charge is 0.494 e. The fourth-order valence-corrected chi connectivity index (χ4v) is 3.31. The Bertz CT molecular complexity index is 1120. The zero-order valence-corrected chi connectivity index (χ0v) is 16.9. The second kappa shape index (κ2) is 8.97. The van der Waals surface area contributed by atoms with Gasteiger partial charge in [-0.1, -0.05) is 35.9 Å². The molecule has 0 aliphatic rings. The number of hydrogen-bond acceptors (Lipinski definition) is 5. The molecule has 3 aromatic carbocycles. The molecule has 1 aromatic heterocycles. The van der Waals surface area contributed by atoms with Gasteiger partial charge in [-0.05, 0) is 55.5 Å². The zero-order chi connectivity index (χ0) is 20.9. The normalized spacial score (nSPS) is 11.8. The molecule has 0 bridgehead atoms. The van der Waals surface area contributed by atoms with Crippen molar-refractivity contribution in [2.75, 3.05) is 11.9 Å². The third kappa shape index (κ3) is 4.44. The van der Waals surface area contributed by atoms with Gasteiger partial charge in [0.15, 0.2) is 0 Å². The van der Waals surface area contributed by atoms with Crippen molar-refractivity contribution >= 4 is 17.3 Å². The molecule has 1 N–H and O–H groups in total. The monoisotopic (exact) mass is 423 g/mol. The Morgan fingerprint density at radius 2 is 1.80 bits per heavy atom. The van der Waals surface area contributed by atoms with Gasteiger partial charge in [-0.2, -0.15) is 0 Å². The number of nitrogens with one attached hydrogen (secondary N) is 1. The van der Waals surface area contributed by atoms with Crippen LogP contribution in [0.5, 0.6) is 5.75 Å². The standard InChI is InChI=1S/C23H19ClFN3O2/c1-2-29-18-11-9-17(10-12-18)26-21(19-13-8-16(25)14-20(19)24)23-28-27-22(30-23)15-6-4-3-5-7-15/h3-14,21,26H,2H2,1H3/t21-/m1/s1. The molecule has 1 atom stereocenters. The molecule has 0 unspecified atom stereocenters. The number of halogens is 2. The maximum atomic E-state index is 13.6. The summed E-state index contributed by atoms with van der Waals surface area (Å²) < 4.78 is 25.0. The fraction of sp³-hybridized carbons (Fsp3) is 0.130. The molecule has 4 rings (SSSR count). The average Bonchev–Trinajstić information content (AvgIpc) is 3.25. The topological polar surface area (TPSA) is 60.2 Å². The molecule has 0 saturated heterocycles. The maximum Gasteiger partial charge on any atom is 0.247 e. The van der Waals surface area contributed by atoms with E-state index in [1.54, 1.807) is 6.07 Å². The van der Waals surface area contributed by atoms with Crippen LogP contribution in [0.3, 0.4) is 0 Å². The average molecular weight is 424 g/mol. The molecule has 4 aromatic rings. The highest BCUT2D eigenvalue weighted by Gasteiger charge is 2.24. The second-order valence-electron chi connectivity index (χ2n) is 6.51. The minimum Gasteiger partial charge on any atom is -0.494 e. The Balaban J connectivity index is 1.70. The molecule has 1 heterocycles. The SMILES string of the molecule is CCOc1ccc(N[C@@H](c2nnc(-c3ccccc3)o2)c2ccc(F)cc2Cl)cc1. The van der Waals surface area contributed by atoms with Crippen LogP contribution >= 0.6 is 11.6 Å². The van der Waals surface area contributed by atoms with Crippen molar-refractivity contribution in [2.45, 2.75) is 13.0 Å². The van der Waals surface area contributed by atoms with E-state index < -0.39 is 11.9 Å². The highest BCUT2D eigenvalue weighted by molar-refractivity contribution is 6.31. The Labute approximate surface area is 178 Å². The summed E-state index contributed by atoms with van der Waals surface area (Å²) in [6.45, 7) is 2.52. The first-order chi connectivity index (χ1) is 14.6. The van der Waals surface area contributed by atoms with Crippen molar-refractivity contribution in [3.8, 4) is 17.2 Å². The summed E-state index contributed by atoms with van der Waals surface area (Å²) in [4.78, 5) is 0. The number of rotatable bonds is 7. The van der Waals surface area contributed by atoms with Gasteiger partial charge < -0.3 is 14.5 Å². The molecular weight excluding hydrogens is 405 g/mol. The quantitative estimate of drug-likeness (QED) is 0.387. The number of nitrogens with zero attached hydrogens (tertiary/aromatic N) is 2. The third-order valence-corrected chi connectivity index (χ3v) is 4.79. The van der Waals surface area contributed by atoms with Crippen molar-refractivity contribution in [1.29, 1.82) is 0 Å². The number of hydrogen-bond donors (Lipinski definition) is 1. The lowest BCUT2D eigenvalue weighted by Gasteiger charge is -2.18. The minimum atomic E-state index is -0.569. The molecule has 0 aliphatic carbocycles. The molecule has 152 valence electrons. The molecule has 5 nitrogen and oxygen atoms in total. The van der Waals surface area contributed by atoms with Gasteiger partial charge in [-0.3, -0.25) is 0 Å². The van der Waals surface area contributed by atoms with Crippen LogP contribution < -0.4 is 10.1 Å². The van der Waals surface area contributed by atoms with Gasteiger partial charge in [0.05, 0.1) is 6.61 Å². The predicted octanol–water partition coefficient (Wildman–Crippen LogP) is 6.13. The van der Waals surface area contributed by atoms with Crippen LogP contribution in [-0.2, 0) is 0 Å². The number of benzene rings is 3. The first-order valence-corrected chi connectivity index (χ1v) is 9.85. The van der Waals surface area contributed by atoms with Crippen LogP contribution in [0, 0.1) is 5.82 Å². The lowest BCUT2D eigenvalue weighted by molar-refractivity contribution is 0.340. The van der Waals surface area contributed by atoms with E-state index in [0.29, 0.717) is 24.0 Å². The fourth-order valence-electron chi connectivity index (χ4n) is 3.04. The highest BCUT2D eigenvalue weighted by Crippen LogP contribution is 2.33. The molecule has 30 heavy (non-hydrogen) atoms. The smallest absolute Gasteiger partial charge is 0.247 e. The summed E-state index contributed by atoms with van der Waals surface area (Å²) in [6, 6.07) is 20.6. The third-order valence-electron chi connectivity index (χ3n) is 4.46.